The molecule has 0 saturated carbocycles. The molecule has 22 heavy (non-hydrogen) atoms. The van der Waals surface area contributed by atoms with E-state index in [1.165, 1.54) is 48.4 Å². The van der Waals surface area contributed by atoms with E-state index in [1.54, 1.807) is 0 Å². The third-order valence-corrected chi connectivity index (χ3v) is 3.36. The Balaban J connectivity index is 0.000000541. The van der Waals surface area contributed by atoms with E-state index in [0.29, 0.717) is 6.29 Å². The maximum absolute atomic E-state index is 9.06. The summed E-state index contributed by atoms with van der Waals surface area (Å²) in [5.74, 6) is 0. The van der Waals surface area contributed by atoms with E-state index >= 15 is 0 Å². The van der Waals surface area contributed by atoms with Crippen molar-refractivity contribution in [1.29, 1.82) is 0 Å². The number of aldehydes is 1. The predicted molar refractivity (Wildman–Crippen MR) is 95.8 cm³/mol. The van der Waals surface area contributed by atoms with Crippen molar-refractivity contribution in [3.63, 3.8) is 0 Å². The fourth-order valence-corrected chi connectivity index (χ4v) is 2.12. The summed E-state index contributed by atoms with van der Waals surface area (Å²) in [7, 11) is 0. The van der Waals surface area contributed by atoms with Crippen LogP contribution in [0.25, 0.3) is 11.1 Å². The van der Waals surface area contributed by atoms with Crippen molar-refractivity contribution >= 4 is 12.0 Å². The fraction of sp³-hybridized carbons (Fsp3) is 0.250. The van der Waals surface area contributed by atoms with E-state index in [2.05, 4.69) is 49.9 Å². The van der Waals surface area contributed by atoms with Crippen molar-refractivity contribution in [1.82, 2.24) is 0 Å². The molecule has 0 atom stereocenters. The molecule has 0 amide bonds. The first-order valence-electron chi connectivity index (χ1n) is 7.72. The number of hydrogen-bond donors (Lipinski definition) is 1. The molecule has 0 fully saturated rings. The number of rotatable bonds is 6. The number of benzene rings is 2. The number of nitrogen functional groups attached to an aromatic ring is 1. The van der Waals surface area contributed by atoms with E-state index in [0.717, 1.165) is 5.69 Å². The van der Waals surface area contributed by atoms with Crippen molar-refractivity contribution in [2.24, 2.45) is 0 Å². The van der Waals surface area contributed by atoms with Gasteiger partial charge < -0.3 is 5.73 Å². The van der Waals surface area contributed by atoms with Gasteiger partial charge in [-0.25, -0.2) is 0 Å². The topological polar surface area (TPSA) is 43.1 Å². The first-order chi connectivity index (χ1) is 10.7. The lowest BCUT2D eigenvalue weighted by atomic mass is 10.0. The van der Waals surface area contributed by atoms with Gasteiger partial charge >= 0.3 is 0 Å². The van der Waals surface area contributed by atoms with Gasteiger partial charge in [-0.1, -0.05) is 62.7 Å². The quantitative estimate of drug-likeness (QED) is 0.351. The standard InChI is InChI=1S/C17H21N.C3H4O/c1-2-3-4-5-14-6-8-15(9-7-14)16-10-12-17(18)13-11-16;1-2-3-4/h6-13H,2-5,18H2,1H3;2-3H,1H2. The number of hydrogen-bond acceptors (Lipinski definition) is 2. The minimum atomic E-state index is 0.639. The zero-order valence-electron chi connectivity index (χ0n) is 13.3. The Kier molecular flexibility index (Phi) is 8.36. The Bertz CT molecular complexity index is 549. The summed E-state index contributed by atoms with van der Waals surface area (Å²) in [5, 5.41) is 0. The second kappa shape index (κ2) is 10.4. The van der Waals surface area contributed by atoms with Crippen LogP contribution in [0.3, 0.4) is 0 Å². The largest absolute Gasteiger partial charge is 0.399 e. The van der Waals surface area contributed by atoms with Gasteiger partial charge in [-0.15, -0.1) is 0 Å². The highest BCUT2D eigenvalue weighted by Gasteiger charge is 1.98. The van der Waals surface area contributed by atoms with E-state index in [1.807, 2.05) is 12.1 Å². The number of carbonyl (C=O) groups excluding carboxylic acids is 1. The van der Waals surface area contributed by atoms with E-state index in [9.17, 15) is 0 Å². The molecule has 0 aliphatic carbocycles. The maximum Gasteiger partial charge on any atom is 0.142 e. The summed E-state index contributed by atoms with van der Waals surface area (Å²) in [5.41, 5.74) is 10.4. The number of anilines is 1. The fourth-order valence-electron chi connectivity index (χ4n) is 2.12. The van der Waals surface area contributed by atoms with Crippen LogP contribution < -0.4 is 5.73 Å². The molecule has 2 aromatic carbocycles. The minimum Gasteiger partial charge on any atom is -0.399 e. The molecule has 2 heteroatoms. The molecule has 0 bridgehead atoms. The number of carbonyl (C=O) groups is 1. The van der Waals surface area contributed by atoms with Gasteiger partial charge in [0.05, 0.1) is 0 Å². The molecule has 0 radical (unpaired) electrons. The Labute approximate surface area is 133 Å². The van der Waals surface area contributed by atoms with Crippen molar-refractivity contribution in [2.45, 2.75) is 32.6 Å². The van der Waals surface area contributed by atoms with Crippen LogP contribution in [-0.4, -0.2) is 6.29 Å². The van der Waals surface area contributed by atoms with Crippen molar-refractivity contribution in [3.8, 4) is 11.1 Å². The summed E-state index contributed by atoms with van der Waals surface area (Å²) in [6, 6.07) is 16.9. The summed E-state index contributed by atoms with van der Waals surface area (Å²) < 4.78 is 0. The lowest BCUT2D eigenvalue weighted by molar-refractivity contribution is -0.104. The summed E-state index contributed by atoms with van der Waals surface area (Å²) >= 11 is 0. The molecule has 2 N–H and O–H groups in total. The molecule has 0 saturated heterocycles. The van der Waals surface area contributed by atoms with Gasteiger partial charge in [0.1, 0.15) is 6.29 Å². The van der Waals surface area contributed by atoms with Gasteiger partial charge in [-0.2, -0.15) is 0 Å². The summed E-state index contributed by atoms with van der Waals surface area (Å²) in [6.07, 6.45) is 6.91. The van der Waals surface area contributed by atoms with Gasteiger partial charge in [0.2, 0.25) is 0 Å². The minimum absolute atomic E-state index is 0.639. The van der Waals surface area contributed by atoms with Crippen molar-refractivity contribution < 1.29 is 4.79 Å². The normalized spacial score (nSPS) is 9.50. The molecule has 0 heterocycles. The smallest absolute Gasteiger partial charge is 0.142 e. The average molecular weight is 295 g/mol. The van der Waals surface area contributed by atoms with Crippen LogP contribution in [-0.2, 0) is 11.2 Å². The highest BCUT2D eigenvalue weighted by Crippen LogP contribution is 2.21. The third kappa shape index (κ3) is 6.40. The first kappa shape index (κ1) is 17.7. The molecule has 0 unspecified atom stereocenters. The zero-order valence-corrected chi connectivity index (χ0v) is 13.3. The van der Waals surface area contributed by atoms with Crippen LogP contribution in [0.4, 0.5) is 5.69 Å². The average Bonchev–Trinajstić information content (AvgIpc) is 2.57. The molecule has 116 valence electrons. The van der Waals surface area contributed by atoms with Crippen LogP contribution in [0, 0.1) is 0 Å². The number of allylic oxidation sites excluding steroid dienone is 1. The van der Waals surface area contributed by atoms with Gasteiger partial charge in [0, 0.05) is 5.69 Å². The SMILES string of the molecule is C=CC=O.CCCCCc1ccc(-c2ccc(N)cc2)cc1. The van der Waals surface area contributed by atoms with E-state index in [4.69, 9.17) is 10.5 Å². The predicted octanol–water partition coefficient (Wildman–Crippen LogP) is 5.04. The van der Waals surface area contributed by atoms with Crippen LogP contribution in [0.1, 0.15) is 31.7 Å². The zero-order chi connectivity index (χ0) is 16.2. The molecular formula is C20H25NO. The Hall–Kier alpha value is -2.35. The Morgan fingerprint density at radius 2 is 1.45 bits per heavy atom. The van der Waals surface area contributed by atoms with Gasteiger partial charge in [0.25, 0.3) is 0 Å². The second-order valence-electron chi connectivity index (χ2n) is 5.15. The van der Waals surface area contributed by atoms with Crippen LogP contribution >= 0.6 is 0 Å². The third-order valence-electron chi connectivity index (χ3n) is 3.36. The Morgan fingerprint density at radius 3 is 1.91 bits per heavy atom. The van der Waals surface area contributed by atoms with E-state index in [-0.39, 0.29) is 0 Å². The van der Waals surface area contributed by atoms with Gasteiger partial charge in [-0.3, -0.25) is 4.79 Å². The van der Waals surface area contributed by atoms with Crippen molar-refractivity contribution in [3.05, 3.63) is 66.7 Å². The Morgan fingerprint density at radius 1 is 0.955 bits per heavy atom. The molecule has 0 spiro atoms. The molecule has 2 rings (SSSR count). The highest BCUT2D eigenvalue weighted by molar-refractivity contribution is 5.65. The summed E-state index contributed by atoms with van der Waals surface area (Å²) in [4.78, 5) is 9.06. The van der Waals surface area contributed by atoms with Crippen LogP contribution in [0.2, 0.25) is 0 Å². The van der Waals surface area contributed by atoms with Gasteiger partial charge in [-0.05, 0) is 47.7 Å². The molecule has 0 aromatic heterocycles. The summed E-state index contributed by atoms with van der Waals surface area (Å²) in [6.45, 7) is 5.35. The first-order valence-corrected chi connectivity index (χ1v) is 7.72. The molecule has 2 aromatic rings. The van der Waals surface area contributed by atoms with Crippen molar-refractivity contribution in [2.75, 3.05) is 5.73 Å². The second-order valence-corrected chi connectivity index (χ2v) is 5.15. The van der Waals surface area contributed by atoms with E-state index < -0.39 is 0 Å². The van der Waals surface area contributed by atoms with Crippen LogP contribution in [0.15, 0.2) is 61.2 Å². The van der Waals surface area contributed by atoms with Gasteiger partial charge in [0.15, 0.2) is 0 Å². The monoisotopic (exact) mass is 295 g/mol. The number of aryl methyl sites for hydroxylation is 1. The number of unbranched alkanes of at least 4 members (excludes halogenated alkanes) is 2. The highest BCUT2D eigenvalue weighted by atomic mass is 16.1. The molecular weight excluding hydrogens is 270 g/mol. The lowest BCUT2D eigenvalue weighted by Gasteiger charge is -2.05. The number of nitrogens with two attached hydrogens (primary N) is 1. The molecule has 0 aliphatic heterocycles. The maximum atomic E-state index is 9.06. The lowest BCUT2D eigenvalue weighted by Crippen LogP contribution is -1.87. The molecule has 0 aliphatic rings. The van der Waals surface area contributed by atoms with Crippen LogP contribution in [0.5, 0.6) is 0 Å². The molecule has 2 nitrogen and oxygen atoms in total.